The summed E-state index contributed by atoms with van der Waals surface area (Å²) in [5, 5.41) is 0. The summed E-state index contributed by atoms with van der Waals surface area (Å²) in [7, 11) is 0. The van der Waals surface area contributed by atoms with Crippen molar-refractivity contribution in [2.45, 2.75) is 0 Å². The number of carbonyl (C=O) groups is 1. The van der Waals surface area contributed by atoms with Crippen molar-refractivity contribution < 1.29 is 4.79 Å². The van der Waals surface area contributed by atoms with Gasteiger partial charge in [0, 0.05) is 11.1 Å². The zero-order valence-corrected chi connectivity index (χ0v) is 14.3. The molecule has 0 saturated heterocycles. The highest BCUT2D eigenvalue weighted by atomic mass is 16.1. The highest BCUT2D eigenvalue weighted by molar-refractivity contribution is 6.15. The number of rotatable bonds is 3. The largest absolute Gasteiger partial charge is 0.289 e. The van der Waals surface area contributed by atoms with E-state index in [-0.39, 0.29) is 5.78 Å². The molecular weight excluding hydrogens is 316 g/mol. The second-order valence-electron chi connectivity index (χ2n) is 6.18. The van der Waals surface area contributed by atoms with Crippen molar-refractivity contribution in [3.05, 3.63) is 131 Å². The van der Waals surface area contributed by atoms with E-state index in [0.717, 1.165) is 27.8 Å². The molecule has 0 unspecified atom stereocenters. The van der Waals surface area contributed by atoms with Crippen LogP contribution in [0.2, 0.25) is 0 Å². The van der Waals surface area contributed by atoms with Crippen LogP contribution in [0.4, 0.5) is 0 Å². The quantitative estimate of drug-likeness (QED) is 0.541. The van der Waals surface area contributed by atoms with Crippen molar-refractivity contribution in [2.24, 2.45) is 0 Å². The third-order valence-corrected chi connectivity index (χ3v) is 4.51. The number of allylic oxidation sites excluding steroid dienone is 4. The van der Waals surface area contributed by atoms with Gasteiger partial charge in [-0.25, -0.2) is 0 Å². The minimum absolute atomic E-state index is 0.0693. The molecule has 3 aromatic rings. The molecule has 124 valence electrons. The number of hydrogen-bond acceptors (Lipinski definition) is 1. The fourth-order valence-electron chi connectivity index (χ4n) is 3.16. The monoisotopic (exact) mass is 334 g/mol. The molecule has 0 saturated carbocycles. The lowest BCUT2D eigenvalue weighted by Crippen LogP contribution is -2.07. The molecule has 0 aromatic heterocycles. The van der Waals surface area contributed by atoms with Crippen molar-refractivity contribution in [1.82, 2.24) is 0 Å². The molecule has 0 spiro atoms. The van der Waals surface area contributed by atoms with Gasteiger partial charge in [-0.1, -0.05) is 109 Å². The van der Waals surface area contributed by atoms with Gasteiger partial charge < -0.3 is 0 Å². The van der Waals surface area contributed by atoms with E-state index < -0.39 is 0 Å². The second kappa shape index (κ2) is 7.20. The highest BCUT2D eigenvalue weighted by Crippen LogP contribution is 2.26. The van der Waals surface area contributed by atoms with E-state index in [1.807, 2.05) is 85.0 Å². The Balaban J connectivity index is 1.77. The fraction of sp³-hybridized carbons (Fsp3) is 0. The molecule has 0 atom stereocenters. The van der Waals surface area contributed by atoms with Crippen LogP contribution >= 0.6 is 0 Å². The Kier molecular flexibility index (Phi) is 4.44. The zero-order valence-electron chi connectivity index (χ0n) is 14.3. The number of hydrogen-bond donors (Lipinski definition) is 0. The zero-order chi connectivity index (χ0) is 17.8. The third-order valence-electron chi connectivity index (χ3n) is 4.51. The number of ketones is 1. The van der Waals surface area contributed by atoms with Crippen LogP contribution in [0.25, 0.3) is 11.6 Å². The summed E-state index contributed by atoms with van der Waals surface area (Å²) in [5.74, 6) is 0.0693. The maximum absolute atomic E-state index is 12.8. The molecule has 0 heterocycles. The molecule has 0 fully saturated rings. The van der Waals surface area contributed by atoms with Crippen molar-refractivity contribution in [1.29, 1.82) is 0 Å². The molecule has 0 aliphatic heterocycles. The molecule has 1 aliphatic carbocycles. The van der Waals surface area contributed by atoms with Gasteiger partial charge in [0.15, 0.2) is 5.78 Å². The smallest absolute Gasteiger partial charge is 0.193 e. The summed E-state index contributed by atoms with van der Waals surface area (Å²) in [6.45, 7) is 0. The van der Waals surface area contributed by atoms with Crippen LogP contribution in [0.15, 0.2) is 109 Å². The number of benzene rings is 3. The Morgan fingerprint density at radius 3 is 1.88 bits per heavy atom. The summed E-state index contributed by atoms with van der Waals surface area (Å²) in [4.78, 5) is 12.8. The molecule has 0 bridgehead atoms. The first kappa shape index (κ1) is 16.0. The first-order chi connectivity index (χ1) is 12.8. The molecule has 1 nitrogen and oxygen atoms in total. The Bertz CT molecular complexity index is 981. The number of Topliss-reactive ketones (excluding diaryl/α,β-unsaturated/α-hetero) is 1. The lowest BCUT2D eigenvalue weighted by Gasteiger charge is -2.12. The molecule has 26 heavy (non-hydrogen) atoms. The van der Waals surface area contributed by atoms with Crippen molar-refractivity contribution in [3.8, 4) is 0 Å². The molecule has 0 N–H and O–H groups in total. The van der Waals surface area contributed by atoms with Crippen molar-refractivity contribution in [3.63, 3.8) is 0 Å². The number of fused-ring (bicyclic) bond motifs is 1. The van der Waals surface area contributed by atoms with E-state index in [4.69, 9.17) is 0 Å². The SMILES string of the molecule is O=C1/C(=C/C=C(c2ccccc2)c2ccccc2)C=Cc2ccccc21. The van der Waals surface area contributed by atoms with E-state index in [1.165, 1.54) is 0 Å². The van der Waals surface area contributed by atoms with Crippen molar-refractivity contribution in [2.75, 3.05) is 0 Å². The first-order valence-electron chi connectivity index (χ1n) is 8.67. The molecule has 1 heteroatoms. The summed E-state index contributed by atoms with van der Waals surface area (Å²) in [6.07, 6.45) is 7.86. The van der Waals surface area contributed by atoms with Crippen molar-refractivity contribution >= 4 is 17.4 Å². The Morgan fingerprint density at radius 1 is 0.654 bits per heavy atom. The third kappa shape index (κ3) is 3.20. The van der Waals surface area contributed by atoms with E-state index in [9.17, 15) is 4.79 Å². The normalized spacial score (nSPS) is 14.2. The standard InChI is InChI=1S/C25H18O/c26-25-22(16-15-21-13-7-8-14-24(21)25)17-18-23(19-9-3-1-4-10-19)20-11-5-2-6-12-20/h1-18H/b22-17+. The van der Waals surface area contributed by atoms with Gasteiger partial charge in [0.05, 0.1) is 0 Å². The van der Waals surface area contributed by atoms with Gasteiger partial charge in [-0.05, 0) is 22.3 Å². The van der Waals surface area contributed by atoms with Crippen LogP contribution in [-0.4, -0.2) is 5.78 Å². The minimum atomic E-state index is 0.0693. The molecule has 0 amide bonds. The van der Waals surface area contributed by atoms with Crippen LogP contribution in [0.1, 0.15) is 27.0 Å². The summed E-state index contributed by atoms with van der Waals surface area (Å²) >= 11 is 0. The van der Waals surface area contributed by atoms with E-state index in [1.54, 1.807) is 0 Å². The van der Waals surface area contributed by atoms with Gasteiger partial charge in [-0.3, -0.25) is 4.79 Å². The van der Waals surface area contributed by atoms with E-state index in [0.29, 0.717) is 5.57 Å². The highest BCUT2D eigenvalue weighted by Gasteiger charge is 2.16. The minimum Gasteiger partial charge on any atom is -0.289 e. The number of carbonyl (C=O) groups excluding carboxylic acids is 1. The first-order valence-corrected chi connectivity index (χ1v) is 8.67. The predicted molar refractivity (Wildman–Crippen MR) is 108 cm³/mol. The van der Waals surface area contributed by atoms with E-state index >= 15 is 0 Å². The summed E-state index contributed by atoms with van der Waals surface area (Å²) < 4.78 is 0. The molecule has 3 aromatic carbocycles. The van der Waals surface area contributed by atoms with Crippen LogP contribution in [-0.2, 0) is 0 Å². The van der Waals surface area contributed by atoms with Crippen LogP contribution < -0.4 is 0 Å². The maximum atomic E-state index is 12.8. The molecule has 4 rings (SSSR count). The molecular formula is C25H18O. The Hall–Kier alpha value is -3.45. The fourth-order valence-corrected chi connectivity index (χ4v) is 3.16. The predicted octanol–water partition coefficient (Wildman–Crippen LogP) is 5.95. The lowest BCUT2D eigenvalue weighted by molar-refractivity contribution is 0.103. The van der Waals surface area contributed by atoms with Crippen LogP contribution in [0.3, 0.4) is 0 Å². The van der Waals surface area contributed by atoms with Gasteiger partial charge in [-0.15, -0.1) is 0 Å². The Morgan fingerprint density at radius 2 is 1.23 bits per heavy atom. The topological polar surface area (TPSA) is 17.1 Å². The van der Waals surface area contributed by atoms with Crippen LogP contribution in [0, 0.1) is 0 Å². The average Bonchev–Trinajstić information content (AvgIpc) is 2.71. The van der Waals surface area contributed by atoms with Gasteiger partial charge in [-0.2, -0.15) is 0 Å². The van der Waals surface area contributed by atoms with Gasteiger partial charge in [0.2, 0.25) is 0 Å². The lowest BCUT2D eigenvalue weighted by atomic mass is 9.91. The molecule has 0 radical (unpaired) electrons. The molecule has 1 aliphatic rings. The van der Waals surface area contributed by atoms with Gasteiger partial charge in [0.25, 0.3) is 0 Å². The maximum Gasteiger partial charge on any atom is 0.193 e. The van der Waals surface area contributed by atoms with Gasteiger partial charge in [0.1, 0.15) is 0 Å². The van der Waals surface area contributed by atoms with Crippen LogP contribution in [0.5, 0.6) is 0 Å². The summed E-state index contributed by atoms with van der Waals surface area (Å²) in [5.41, 5.74) is 5.79. The van der Waals surface area contributed by atoms with Gasteiger partial charge >= 0.3 is 0 Å². The summed E-state index contributed by atoms with van der Waals surface area (Å²) in [6, 6.07) is 28.2. The van der Waals surface area contributed by atoms with E-state index in [2.05, 4.69) is 24.3 Å². The average molecular weight is 334 g/mol. The Labute approximate surface area is 153 Å². The second-order valence-corrected chi connectivity index (χ2v) is 6.18.